The molecule has 2 amide bonds. The lowest BCUT2D eigenvalue weighted by Gasteiger charge is -2.31. The van der Waals surface area contributed by atoms with Crippen molar-refractivity contribution in [3.63, 3.8) is 0 Å². The summed E-state index contributed by atoms with van der Waals surface area (Å²) in [6.07, 6.45) is 6.11. The number of aryl methyl sites for hydroxylation is 2. The van der Waals surface area contributed by atoms with Crippen molar-refractivity contribution in [1.82, 2.24) is 20.3 Å². The van der Waals surface area contributed by atoms with E-state index < -0.39 is 0 Å². The van der Waals surface area contributed by atoms with Gasteiger partial charge in [0.25, 0.3) is 0 Å². The monoisotopic (exact) mass is 334 g/mol. The van der Waals surface area contributed by atoms with Crippen LogP contribution in [0.2, 0.25) is 0 Å². The van der Waals surface area contributed by atoms with E-state index in [1.165, 1.54) is 38.8 Å². The normalized spacial score (nSPS) is 24.0. The Morgan fingerprint density at radius 3 is 2.58 bits per heavy atom. The van der Waals surface area contributed by atoms with E-state index >= 15 is 0 Å². The minimum absolute atomic E-state index is 0.0357. The molecule has 2 aliphatic rings. The standard InChI is InChI=1S/C18H30N4O2/c1-13(17-14(2)20-24-15(17)3)19-18(23)22-11-5-4-8-16(12-22)21-9-6-7-10-21/h13,16H,4-12H2,1-3H3,(H,19,23). The van der Waals surface area contributed by atoms with Gasteiger partial charge in [-0.3, -0.25) is 4.90 Å². The first-order valence-electron chi connectivity index (χ1n) is 9.28. The molecule has 3 heterocycles. The van der Waals surface area contributed by atoms with E-state index in [2.05, 4.69) is 15.4 Å². The van der Waals surface area contributed by atoms with Crippen LogP contribution in [-0.4, -0.2) is 53.2 Å². The third kappa shape index (κ3) is 3.74. The van der Waals surface area contributed by atoms with Gasteiger partial charge in [-0.05, 0) is 59.5 Å². The van der Waals surface area contributed by atoms with Crippen molar-refractivity contribution >= 4 is 6.03 Å². The molecule has 134 valence electrons. The Labute approximate surface area is 144 Å². The molecule has 3 rings (SSSR count). The SMILES string of the molecule is Cc1noc(C)c1C(C)NC(=O)N1CCCCC(N2CCCC2)C1. The van der Waals surface area contributed by atoms with E-state index in [9.17, 15) is 4.79 Å². The molecule has 6 heteroatoms. The molecule has 2 aliphatic heterocycles. The van der Waals surface area contributed by atoms with Crippen LogP contribution in [-0.2, 0) is 0 Å². The number of amides is 2. The summed E-state index contributed by atoms with van der Waals surface area (Å²) in [5, 5.41) is 7.13. The average Bonchev–Trinajstić information content (AvgIpc) is 3.11. The van der Waals surface area contributed by atoms with Crippen LogP contribution < -0.4 is 5.32 Å². The smallest absolute Gasteiger partial charge is 0.317 e. The molecule has 0 aliphatic carbocycles. The number of aromatic nitrogens is 1. The van der Waals surface area contributed by atoms with Crippen LogP contribution in [0.1, 0.15) is 62.1 Å². The number of urea groups is 1. The molecule has 2 fully saturated rings. The van der Waals surface area contributed by atoms with Crippen molar-refractivity contribution in [2.45, 2.75) is 65.0 Å². The maximum atomic E-state index is 12.8. The Hall–Kier alpha value is -1.56. The molecule has 1 aromatic rings. The second-order valence-corrected chi connectivity index (χ2v) is 7.25. The molecule has 6 nitrogen and oxygen atoms in total. The highest BCUT2D eigenvalue weighted by Crippen LogP contribution is 2.23. The summed E-state index contributed by atoms with van der Waals surface area (Å²) in [6, 6.07) is 0.473. The highest BCUT2D eigenvalue weighted by molar-refractivity contribution is 5.74. The summed E-state index contributed by atoms with van der Waals surface area (Å²) < 4.78 is 5.23. The van der Waals surface area contributed by atoms with Crippen LogP contribution in [0.3, 0.4) is 0 Å². The molecule has 1 N–H and O–H groups in total. The first-order chi connectivity index (χ1) is 11.6. The molecule has 2 atom stereocenters. The maximum Gasteiger partial charge on any atom is 0.317 e. The van der Waals surface area contributed by atoms with Crippen LogP contribution in [0.4, 0.5) is 4.79 Å². The molecule has 0 spiro atoms. The second-order valence-electron chi connectivity index (χ2n) is 7.25. The van der Waals surface area contributed by atoms with Gasteiger partial charge in [0.1, 0.15) is 5.76 Å². The van der Waals surface area contributed by atoms with Gasteiger partial charge in [0.2, 0.25) is 0 Å². The fourth-order valence-electron chi connectivity index (χ4n) is 4.17. The number of likely N-dealkylation sites (tertiary alicyclic amines) is 2. The molecule has 0 aromatic carbocycles. The van der Waals surface area contributed by atoms with E-state index in [0.717, 1.165) is 36.5 Å². The van der Waals surface area contributed by atoms with Gasteiger partial charge in [0.15, 0.2) is 0 Å². The van der Waals surface area contributed by atoms with Gasteiger partial charge in [-0.1, -0.05) is 11.6 Å². The van der Waals surface area contributed by atoms with Crippen LogP contribution in [0, 0.1) is 13.8 Å². The lowest BCUT2D eigenvalue weighted by molar-refractivity contribution is 0.164. The number of carbonyl (C=O) groups is 1. The van der Waals surface area contributed by atoms with Crippen molar-refractivity contribution in [1.29, 1.82) is 0 Å². The molecule has 0 bridgehead atoms. The van der Waals surface area contributed by atoms with Crippen molar-refractivity contribution < 1.29 is 9.32 Å². The highest BCUT2D eigenvalue weighted by Gasteiger charge is 2.29. The van der Waals surface area contributed by atoms with Crippen LogP contribution >= 0.6 is 0 Å². The fourth-order valence-corrected chi connectivity index (χ4v) is 4.17. The maximum absolute atomic E-state index is 12.8. The van der Waals surface area contributed by atoms with E-state index in [4.69, 9.17) is 4.52 Å². The van der Waals surface area contributed by atoms with Gasteiger partial charge in [-0.2, -0.15) is 0 Å². The summed E-state index contributed by atoms with van der Waals surface area (Å²) in [4.78, 5) is 17.4. The van der Waals surface area contributed by atoms with Crippen molar-refractivity contribution in [3.05, 3.63) is 17.0 Å². The minimum Gasteiger partial charge on any atom is -0.361 e. The number of carbonyl (C=O) groups excluding carboxylic acids is 1. The molecule has 2 unspecified atom stereocenters. The van der Waals surface area contributed by atoms with Gasteiger partial charge in [-0.15, -0.1) is 0 Å². The van der Waals surface area contributed by atoms with E-state index in [-0.39, 0.29) is 12.1 Å². The molecule has 2 saturated heterocycles. The predicted molar refractivity (Wildman–Crippen MR) is 92.9 cm³/mol. The number of hydrogen-bond donors (Lipinski definition) is 1. The second kappa shape index (κ2) is 7.55. The summed E-state index contributed by atoms with van der Waals surface area (Å²) >= 11 is 0. The zero-order valence-electron chi connectivity index (χ0n) is 15.2. The van der Waals surface area contributed by atoms with Gasteiger partial charge in [0.05, 0.1) is 11.7 Å². The number of nitrogens with one attached hydrogen (secondary N) is 1. The lowest BCUT2D eigenvalue weighted by Crippen LogP contribution is -2.47. The topological polar surface area (TPSA) is 61.6 Å². The highest BCUT2D eigenvalue weighted by atomic mass is 16.5. The van der Waals surface area contributed by atoms with Crippen molar-refractivity contribution in [2.24, 2.45) is 0 Å². The molecular formula is C18H30N4O2. The number of rotatable bonds is 3. The summed E-state index contributed by atoms with van der Waals surface area (Å²) in [5.41, 5.74) is 1.85. The van der Waals surface area contributed by atoms with Gasteiger partial charge in [0, 0.05) is 24.7 Å². The lowest BCUT2D eigenvalue weighted by atomic mass is 10.1. The molecule has 1 aromatic heterocycles. The molecule has 24 heavy (non-hydrogen) atoms. The first-order valence-corrected chi connectivity index (χ1v) is 9.28. The number of hydrogen-bond acceptors (Lipinski definition) is 4. The Balaban J connectivity index is 1.62. The van der Waals surface area contributed by atoms with Crippen molar-refractivity contribution in [2.75, 3.05) is 26.2 Å². The van der Waals surface area contributed by atoms with E-state index in [1.807, 2.05) is 25.7 Å². The summed E-state index contributed by atoms with van der Waals surface area (Å²) in [5.74, 6) is 0.783. The zero-order valence-corrected chi connectivity index (χ0v) is 15.2. The van der Waals surface area contributed by atoms with Crippen LogP contribution in [0.25, 0.3) is 0 Å². The predicted octanol–water partition coefficient (Wildman–Crippen LogP) is 3.01. The van der Waals surface area contributed by atoms with Gasteiger partial charge >= 0.3 is 6.03 Å². The zero-order chi connectivity index (χ0) is 17.1. The average molecular weight is 334 g/mol. The fraction of sp³-hybridized carbons (Fsp3) is 0.778. The molecule has 0 saturated carbocycles. The Morgan fingerprint density at radius 2 is 1.92 bits per heavy atom. The largest absolute Gasteiger partial charge is 0.361 e. The molecular weight excluding hydrogens is 304 g/mol. The molecule has 0 radical (unpaired) electrons. The van der Waals surface area contributed by atoms with E-state index in [0.29, 0.717) is 6.04 Å². The summed E-state index contributed by atoms with van der Waals surface area (Å²) in [6.45, 7) is 9.90. The third-order valence-electron chi connectivity index (χ3n) is 5.45. The van der Waals surface area contributed by atoms with E-state index in [1.54, 1.807) is 0 Å². The quantitative estimate of drug-likeness (QED) is 0.923. The van der Waals surface area contributed by atoms with Gasteiger partial charge < -0.3 is 14.7 Å². The Bertz CT molecular complexity index is 546. The van der Waals surface area contributed by atoms with Crippen molar-refractivity contribution in [3.8, 4) is 0 Å². The Morgan fingerprint density at radius 1 is 1.21 bits per heavy atom. The Kier molecular flexibility index (Phi) is 5.43. The van der Waals surface area contributed by atoms with Crippen LogP contribution in [0.15, 0.2) is 4.52 Å². The summed E-state index contributed by atoms with van der Waals surface area (Å²) in [7, 11) is 0. The first kappa shape index (κ1) is 17.3. The van der Waals surface area contributed by atoms with Crippen LogP contribution in [0.5, 0.6) is 0 Å². The minimum atomic E-state index is -0.0859. The van der Waals surface area contributed by atoms with Gasteiger partial charge in [-0.25, -0.2) is 4.79 Å². The third-order valence-corrected chi connectivity index (χ3v) is 5.45. The number of nitrogens with zero attached hydrogens (tertiary/aromatic N) is 3.